The van der Waals surface area contributed by atoms with Crippen molar-refractivity contribution in [1.29, 1.82) is 0 Å². The number of ether oxygens (including phenoxy) is 1. The predicted octanol–water partition coefficient (Wildman–Crippen LogP) is 0.0725. The van der Waals surface area contributed by atoms with E-state index in [4.69, 9.17) is 15.6 Å². The number of aliphatic carboxylic acids is 1. The van der Waals surface area contributed by atoms with E-state index in [0.29, 0.717) is 26.2 Å². The van der Waals surface area contributed by atoms with Crippen LogP contribution in [-0.4, -0.2) is 30.8 Å². The summed E-state index contributed by atoms with van der Waals surface area (Å²) in [6.07, 6.45) is 1.42. The highest BCUT2D eigenvalue weighted by Gasteiger charge is 2.30. The molecule has 1 aliphatic rings. The van der Waals surface area contributed by atoms with Crippen LogP contribution in [0.15, 0.2) is 0 Å². The van der Waals surface area contributed by atoms with Crippen LogP contribution in [0.5, 0.6) is 0 Å². The Kier molecular flexibility index (Phi) is 3.49. The smallest absolute Gasteiger partial charge is 0.306 e. The molecule has 12 heavy (non-hydrogen) atoms. The van der Waals surface area contributed by atoms with Crippen LogP contribution in [-0.2, 0) is 9.53 Å². The molecule has 1 rings (SSSR count). The molecule has 2 atom stereocenters. The van der Waals surface area contributed by atoms with Crippen molar-refractivity contribution >= 4 is 5.97 Å². The largest absolute Gasteiger partial charge is 0.481 e. The molecule has 0 radical (unpaired) electrons. The topological polar surface area (TPSA) is 72.6 Å². The maximum Gasteiger partial charge on any atom is 0.306 e. The van der Waals surface area contributed by atoms with Crippen LogP contribution in [0.4, 0.5) is 0 Å². The van der Waals surface area contributed by atoms with Gasteiger partial charge in [0, 0.05) is 6.61 Å². The van der Waals surface area contributed by atoms with Crippen molar-refractivity contribution in [2.75, 3.05) is 19.8 Å². The quantitative estimate of drug-likeness (QED) is 0.631. The van der Waals surface area contributed by atoms with E-state index in [2.05, 4.69) is 0 Å². The normalized spacial score (nSPS) is 25.6. The van der Waals surface area contributed by atoms with Gasteiger partial charge in [0.1, 0.15) is 0 Å². The first-order valence-electron chi connectivity index (χ1n) is 4.26. The number of carboxylic acid groups (broad SMARTS) is 1. The first kappa shape index (κ1) is 9.48. The molecule has 0 saturated carbocycles. The predicted molar refractivity (Wildman–Crippen MR) is 43.7 cm³/mol. The van der Waals surface area contributed by atoms with E-state index in [1.54, 1.807) is 0 Å². The molecule has 1 aliphatic heterocycles. The average Bonchev–Trinajstić information content (AvgIpc) is 2.51. The first-order valence-corrected chi connectivity index (χ1v) is 4.26. The molecule has 70 valence electrons. The van der Waals surface area contributed by atoms with Crippen LogP contribution in [0.2, 0.25) is 0 Å². The van der Waals surface area contributed by atoms with E-state index in [0.717, 1.165) is 6.42 Å². The summed E-state index contributed by atoms with van der Waals surface area (Å²) in [7, 11) is 0. The maximum absolute atomic E-state index is 10.8. The number of rotatable bonds is 4. The first-order chi connectivity index (χ1) is 5.75. The fourth-order valence-electron chi connectivity index (χ4n) is 1.61. The van der Waals surface area contributed by atoms with Crippen LogP contribution in [0.3, 0.4) is 0 Å². The van der Waals surface area contributed by atoms with Crippen LogP contribution in [0, 0.1) is 11.8 Å². The fourth-order valence-corrected chi connectivity index (χ4v) is 1.61. The third kappa shape index (κ3) is 2.19. The molecule has 4 heteroatoms. The molecule has 1 fully saturated rings. The Hall–Kier alpha value is -0.610. The van der Waals surface area contributed by atoms with E-state index in [-0.39, 0.29) is 11.8 Å². The minimum Gasteiger partial charge on any atom is -0.481 e. The van der Waals surface area contributed by atoms with E-state index < -0.39 is 5.97 Å². The van der Waals surface area contributed by atoms with E-state index in [9.17, 15) is 4.79 Å². The number of carbonyl (C=O) groups is 1. The van der Waals surface area contributed by atoms with Crippen molar-refractivity contribution in [2.45, 2.75) is 12.8 Å². The monoisotopic (exact) mass is 173 g/mol. The van der Waals surface area contributed by atoms with Crippen molar-refractivity contribution in [1.82, 2.24) is 0 Å². The third-order valence-electron chi connectivity index (χ3n) is 2.33. The Labute approximate surface area is 71.7 Å². The highest BCUT2D eigenvalue weighted by Crippen LogP contribution is 2.24. The minimum absolute atomic E-state index is 0.172. The highest BCUT2D eigenvalue weighted by molar-refractivity contribution is 5.70. The van der Waals surface area contributed by atoms with E-state index in [1.807, 2.05) is 0 Å². The molecule has 0 aromatic heterocycles. The summed E-state index contributed by atoms with van der Waals surface area (Å²) >= 11 is 0. The van der Waals surface area contributed by atoms with Gasteiger partial charge in [-0.2, -0.15) is 0 Å². The van der Waals surface area contributed by atoms with E-state index in [1.165, 1.54) is 0 Å². The van der Waals surface area contributed by atoms with Crippen molar-refractivity contribution in [3.05, 3.63) is 0 Å². The Morgan fingerprint density at radius 3 is 2.92 bits per heavy atom. The molecule has 3 N–H and O–H groups in total. The van der Waals surface area contributed by atoms with Crippen LogP contribution >= 0.6 is 0 Å². The van der Waals surface area contributed by atoms with Gasteiger partial charge < -0.3 is 15.6 Å². The summed E-state index contributed by atoms with van der Waals surface area (Å²) in [5.41, 5.74) is 5.33. The van der Waals surface area contributed by atoms with Gasteiger partial charge in [-0.05, 0) is 25.3 Å². The molecule has 0 bridgehead atoms. The molecule has 0 spiro atoms. The van der Waals surface area contributed by atoms with Crippen LogP contribution in [0.1, 0.15) is 12.8 Å². The van der Waals surface area contributed by atoms with Gasteiger partial charge in [0.2, 0.25) is 0 Å². The second kappa shape index (κ2) is 4.42. The standard InChI is InChI=1S/C8H15NO3/c9-3-1-7(8(10)11)6-2-4-12-5-6/h6-7H,1-5,9H2,(H,10,11). The Balaban J connectivity index is 2.45. The maximum atomic E-state index is 10.8. The molecule has 4 nitrogen and oxygen atoms in total. The van der Waals surface area contributed by atoms with Gasteiger partial charge in [0.05, 0.1) is 12.5 Å². The van der Waals surface area contributed by atoms with Crippen molar-refractivity contribution in [3.63, 3.8) is 0 Å². The average molecular weight is 173 g/mol. The second-order valence-electron chi connectivity index (χ2n) is 3.15. The SMILES string of the molecule is NCCC(C(=O)O)C1CCOC1. The van der Waals surface area contributed by atoms with Gasteiger partial charge in [-0.3, -0.25) is 4.79 Å². The molecule has 0 aromatic carbocycles. The summed E-state index contributed by atoms with van der Waals surface area (Å²) in [5, 5.41) is 8.85. The summed E-state index contributed by atoms with van der Waals surface area (Å²) in [6, 6.07) is 0. The minimum atomic E-state index is -0.740. The molecular weight excluding hydrogens is 158 g/mol. The lowest BCUT2D eigenvalue weighted by molar-refractivity contribution is -0.143. The van der Waals surface area contributed by atoms with Gasteiger partial charge >= 0.3 is 5.97 Å². The zero-order valence-electron chi connectivity index (χ0n) is 7.03. The van der Waals surface area contributed by atoms with Crippen molar-refractivity contribution in [3.8, 4) is 0 Å². The fraction of sp³-hybridized carbons (Fsp3) is 0.875. The number of hydrogen-bond acceptors (Lipinski definition) is 3. The molecule has 2 unspecified atom stereocenters. The molecule has 0 amide bonds. The zero-order chi connectivity index (χ0) is 8.97. The summed E-state index contributed by atoms with van der Waals surface area (Å²) in [6.45, 7) is 1.71. The Morgan fingerprint density at radius 1 is 1.75 bits per heavy atom. The summed E-state index contributed by atoms with van der Waals surface area (Å²) < 4.78 is 5.13. The molecule has 0 aromatic rings. The molecule has 1 heterocycles. The lowest BCUT2D eigenvalue weighted by Gasteiger charge is -2.16. The molecule has 0 aliphatic carbocycles. The molecular formula is C8H15NO3. The van der Waals surface area contributed by atoms with Crippen LogP contribution in [0.25, 0.3) is 0 Å². The number of hydrogen-bond donors (Lipinski definition) is 2. The highest BCUT2D eigenvalue weighted by atomic mass is 16.5. The van der Waals surface area contributed by atoms with Crippen LogP contribution < -0.4 is 5.73 Å². The zero-order valence-corrected chi connectivity index (χ0v) is 7.03. The second-order valence-corrected chi connectivity index (χ2v) is 3.15. The summed E-state index contributed by atoms with van der Waals surface area (Å²) in [5.74, 6) is -0.875. The Bertz CT molecular complexity index is 154. The van der Waals surface area contributed by atoms with E-state index >= 15 is 0 Å². The lowest BCUT2D eigenvalue weighted by atomic mass is 9.89. The van der Waals surface area contributed by atoms with Crippen molar-refractivity contribution < 1.29 is 14.6 Å². The lowest BCUT2D eigenvalue weighted by Crippen LogP contribution is -2.26. The Morgan fingerprint density at radius 2 is 2.50 bits per heavy atom. The van der Waals surface area contributed by atoms with Gasteiger partial charge in [0.15, 0.2) is 0 Å². The molecule has 1 saturated heterocycles. The van der Waals surface area contributed by atoms with Gasteiger partial charge in [-0.1, -0.05) is 0 Å². The number of carboxylic acids is 1. The van der Waals surface area contributed by atoms with Gasteiger partial charge in [-0.15, -0.1) is 0 Å². The van der Waals surface area contributed by atoms with Crippen molar-refractivity contribution in [2.24, 2.45) is 17.6 Å². The van der Waals surface area contributed by atoms with Gasteiger partial charge in [0.25, 0.3) is 0 Å². The number of nitrogens with two attached hydrogens (primary N) is 1. The van der Waals surface area contributed by atoms with Gasteiger partial charge in [-0.25, -0.2) is 0 Å². The summed E-state index contributed by atoms with van der Waals surface area (Å²) in [4.78, 5) is 10.8. The third-order valence-corrected chi connectivity index (χ3v) is 2.33.